The highest BCUT2D eigenvalue weighted by Crippen LogP contribution is 2.25. The fourth-order valence-electron chi connectivity index (χ4n) is 2.87. The molecule has 0 aliphatic heterocycles. The Labute approximate surface area is 200 Å². The van der Waals surface area contributed by atoms with Crippen molar-refractivity contribution in [3.05, 3.63) is 76.3 Å². The van der Waals surface area contributed by atoms with Crippen LogP contribution in [0.3, 0.4) is 0 Å². The summed E-state index contributed by atoms with van der Waals surface area (Å²) in [4.78, 5) is 37.2. The normalized spacial score (nSPS) is 9.61. The number of benzene rings is 2. The van der Waals surface area contributed by atoms with Gasteiger partial charge in [0, 0.05) is 22.1 Å². The summed E-state index contributed by atoms with van der Waals surface area (Å²) in [5.41, 5.74) is 3.73. The summed E-state index contributed by atoms with van der Waals surface area (Å²) in [5, 5.41) is 2.62. The first kappa shape index (κ1) is 27.9. The van der Waals surface area contributed by atoms with Gasteiger partial charge < -0.3 is 4.74 Å². The summed E-state index contributed by atoms with van der Waals surface area (Å²) >= 11 is 1.48. The Kier molecular flexibility index (Phi) is 13.2. The minimum Gasteiger partial charge on any atom is -0.461 e. The van der Waals surface area contributed by atoms with Crippen LogP contribution < -0.4 is 0 Å². The zero-order valence-corrected chi connectivity index (χ0v) is 20.9. The molecule has 3 aromatic rings. The lowest BCUT2D eigenvalue weighted by atomic mass is 10.1. The molecule has 3 rings (SSSR count). The fraction of sp³-hybridized carbons (Fsp3) is 0.333. The van der Waals surface area contributed by atoms with Crippen molar-refractivity contribution in [1.29, 1.82) is 0 Å². The number of ketones is 1. The lowest BCUT2D eigenvalue weighted by Crippen LogP contribution is -2.04. The van der Waals surface area contributed by atoms with Crippen molar-refractivity contribution in [2.24, 2.45) is 0 Å². The summed E-state index contributed by atoms with van der Waals surface area (Å²) < 4.78 is 4.96. The van der Waals surface area contributed by atoms with E-state index in [9.17, 15) is 14.4 Å². The van der Waals surface area contributed by atoms with E-state index in [4.69, 9.17) is 4.74 Å². The van der Waals surface area contributed by atoms with Crippen molar-refractivity contribution in [2.75, 3.05) is 6.61 Å². The zero-order chi connectivity index (χ0) is 24.6. The third-order valence-corrected chi connectivity index (χ3v) is 5.34. The van der Waals surface area contributed by atoms with Crippen LogP contribution in [0.5, 0.6) is 0 Å². The standard InChI is InChI=1S/C16H19NO2S.C9H8O2.C2H6/c1-3-5-7-12-8-6-9-13(10-12)15-17-14(11-20-15)16(18)19-4-2;1-7(11)9-5-3-2-4-8(9)6-10;1-2/h6,8-11H,3-5,7H2,1-2H3;2-6H,1H3;1-2H3. The zero-order valence-electron chi connectivity index (χ0n) is 20.1. The van der Waals surface area contributed by atoms with Crippen molar-refractivity contribution < 1.29 is 19.1 Å². The van der Waals surface area contributed by atoms with E-state index in [0.29, 0.717) is 29.7 Å². The van der Waals surface area contributed by atoms with E-state index in [1.807, 2.05) is 26.0 Å². The van der Waals surface area contributed by atoms with Gasteiger partial charge in [-0.2, -0.15) is 0 Å². The number of carbonyl (C=O) groups excluding carboxylic acids is 3. The van der Waals surface area contributed by atoms with Gasteiger partial charge in [0.2, 0.25) is 0 Å². The predicted octanol–water partition coefficient (Wildman–Crippen LogP) is 7.06. The molecule has 0 aliphatic rings. The van der Waals surface area contributed by atoms with E-state index in [0.717, 1.165) is 17.0 Å². The molecular formula is C27H33NO4S. The number of hydrogen-bond donors (Lipinski definition) is 0. The highest BCUT2D eigenvalue weighted by molar-refractivity contribution is 7.13. The van der Waals surface area contributed by atoms with Gasteiger partial charge >= 0.3 is 5.97 Å². The highest BCUT2D eigenvalue weighted by Gasteiger charge is 2.12. The third-order valence-electron chi connectivity index (χ3n) is 4.45. The predicted molar refractivity (Wildman–Crippen MR) is 135 cm³/mol. The number of Topliss-reactive ketones (excluding diaryl/α,β-unsaturated/α-hetero) is 1. The first-order chi connectivity index (χ1) is 16.0. The van der Waals surface area contributed by atoms with E-state index >= 15 is 0 Å². The molecule has 0 radical (unpaired) electrons. The number of carbonyl (C=O) groups is 3. The number of aldehydes is 1. The van der Waals surface area contributed by atoms with Crippen molar-refractivity contribution in [1.82, 2.24) is 4.98 Å². The molecule has 0 spiro atoms. The lowest BCUT2D eigenvalue weighted by Gasteiger charge is -2.02. The van der Waals surface area contributed by atoms with E-state index in [-0.39, 0.29) is 11.8 Å². The van der Waals surface area contributed by atoms with Crippen LogP contribution in [0.1, 0.15) is 84.2 Å². The van der Waals surface area contributed by atoms with E-state index in [1.165, 1.54) is 36.7 Å². The Morgan fingerprint density at radius 3 is 2.39 bits per heavy atom. The Bertz CT molecular complexity index is 1030. The van der Waals surface area contributed by atoms with Crippen LogP contribution in [0, 0.1) is 0 Å². The molecule has 6 heteroatoms. The number of unbranched alkanes of at least 4 members (excludes halogenated alkanes) is 1. The van der Waals surface area contributed by atoms with Gasteiger partial charge in [-0.05, 0) is 38.3 Å². The van der Waals surface area contributed by atoms with Crippen LogP contribution in [-0.4, -0.2) is 29.6 Å². The maximum Gasteiger partial charge on any atom is 0.357 e. The third kappa shape index (κ3) is 9.10. The number of ether oxygens (including phenoxy) is 1. The van der Waals surface area contributed by atoms with Gasteiger partial charge in [0.25, 0.3) is 0 Å². The average Bonchev–Trinajstić information content (AvgIpc) is 3.35. The lowest BCUT2D eigenvalue weighted by molar-refractivity contribution is 0.0520. The summed E-state index contributed by atoms with van der Waals surface area (Å²) in [6.07, 6.45) is 4.15. The quantitative estimate of drug-likeness (QED) is 0.201. The minimum absolute atomic E-state index is 0.0762. The fourth-order valence-corrected chi connectivity index (χ4v) is 3.65. The number of hydrogen-bond acceptors (Lipinski definition) is 6. The van der Waals surface area contributed by atoms with Gasteiger partial charge in [-0.15, -0.1) is 11.3 Å². The Morgan fingerprint density at radius 2 is 1.79 bits per heavy atom. The van der Waals surface area contributed by atoms with E-state index in [1.54, 1.807) is 36.6 Å². The van der Waals surface area contributed by atoms with Crippen LogP contribution in [-0.2, 0) is 11.2 Å². The Hall–Kier alpha value is -3.12. The molecule has 33 heavy (non-hydrogen) atoms. The molecule has 176 valence electrons. The maximum atomic E-state index is 11.6. The minimum atomic E-state index is -0.350. The van der Waals surface area contributed by atoms with Gasteiger partial charge in [0.1, 0.15) is 5.01 Å². The molecule has 0 aliphatic carbocycles. The number of esters is 1. The van der Waals surface area contributed by atoms with Crippen LogP contribution in [0.25, 0.3) is 10.6 Å². The van der Waals surface area contributed by atoms with Crippen molar-refractivity contribution in [2.45, 2.75) is 53.9 Å². The average molecular weight is 468 g/mol. The number of aryl methyl sites for hydroxylation is 1. The van der Waals surface area contributed by atoms with E-state index < -0.39 is 0 Å². The van der Waals surface area contributed by atoms with Gasteiger partial charge in [0.05, 0.1) is 6.61 Å². The van der Waals surface area contributed by atoms with Crippen molar-refractivity contribution >= 4 is 29.4 Å². The van der Waals surface area contributed by atoms with Gasteiger partial charge in [0.15, 0.2) is 17.8 Å². The first-order valence-electron chi connectivity index (χ1n) is 11.3. The summed E-state index contributed by atoms with van der Waals surface area (Å²) in [5.74, 6) is -0.426. The molecular weight excluding hydrogens is 434 g/mol. The second kappa shape index (κ2) is 15.6. The SMILES string of the molecule is CC.CC(=O)c1ccccc1C=O.CCCCc1cccc(-c2nc(C(=O)OCC)cs2)c1. The van der Waals surface area contributed by atoms with Crippen molar-refractivity contribution in [3.63, 3.8) is 0 Å². The Morgan fingerprint density at radius 1 is 1.06 bits per heavy atom. The Balaban J connectivity index is 0.000000354. The molecule has 5 nitrogen and oxygen atoms in total. The molecule has 0 amide bonds. The van der Waals surface area contributed by atoms with E-state index in [2.05, 4.69) is 24.0 Å². The second-order valence-electron chi connectivity index (χ2n) is 6.82. The molecule has 0 saturated heterocycles. The topological polar surface area (TPSA) is 73.3 Å². The van der Waals surface area contributed by atoms with Crippen molar-refractivity contribution in [3.8, 4) is 10.6 Å². The summed E-state index contributed by atoms with van der Waals surface area (Å²) in [6, 6.07) is 15.1. The second-order valence-corrected chi connectivity index (χ2v) is 7.68. The molecule has 0 unspecified atom stereocenters. The summed E-state index contributed by atoms with van der Waals surface area (Å²) in [7, 11) is 0. The molecule has 0 fully saturated rings. The number of nitrogens with zero attached hydrogens (tertiary/aromatic N) is 1. The van der Waals surface area contributed by atoms with Gasteiger partial charge in [-0.3, -0.25) is 9.59 Å². The highest BCUT2D eigenvalue weighted by atomic mass is 32.1. The molecule has 0 atom stereocenters. The molecule has 1 aromatic heterocycles. The van der Waals surface area contributed by atoms with Gasteiger partial charge in [-0.1, -0.05) is 69.7 Å². The molecule has 2 aromatic carbocycles. The van der Waals surface area contributed by atoms with Crippen LogP contribution in [0.15, 0.2) is 53.9 Å². The molecule has 0 saturated carbocycles. The van der Waals surface area contributed by atoms with Gasteiger partial charge in [-0.25, -0.2) is 9.78 Å². The molecule has 0 bridgehead atoms. The number of thiazole rings is 1. The van der Waals surface area contributed by atoms with Crippen LogP contribution in [0.4, 0.5) is 0 Å². The monoisotopic (exact) mass is 467 g/mol. The van der Waals surface area contributed by atoms with Crippen LogP contribution in [0.2, 0.25) is 0 Å². The first-order valence-corrected chi connectivity index (χ1v) is 12.1. The number of aromatic nitrogens is 1. The maximum absolute atomic E-state index is 11.6. The smallest absolute Gasteiger partial charge is 0.357 e. The largest absolute Gasteiger partial charge is 0.461 e. The summed E-state index contributed by atoms with van der Waals surface area (Å²) in [6.45, 7) is 9.80. The molecule has 1 heterocycles. The van der Waals surface area contributed by atoms with Crippen LogP contribution >= 0.6 is 11.3 Å². The number of rotatable bonds is 8. The molecule has 0 N–H and O–H groups in total.